The van der Waals surface area contributed by atoms with Crippen molar-refractivity contribution in [3.63, 3.8) is 0 Å². The maximum Gasteiger partial charge on any atom is 0.199 e. The Kier molecular flexibility index (Phi) is 7.23. The van der Waals surface area contributed by atoms with E-state index in [1.165, 1.54) is 5.56 Å². The Morgan fingerprint density at radius 2 is 1.91 bits per heavy atom. The number of aromatic nitrogens is 2. The lowest BCUT2D eigenvalue weighted by Gasteiger charge is -2.32. The van der Waals surface area contributed by atoms with Crippen LogP contribution in [-0.4, -0.2) is 47.5 Å². The molecule has 2 atom stereocenters. The highest BCUT2D eigenvalue weighted by Gasteiger charge is 2.19. The summed E-state index contributed by atoms with van der Waals surface area (Å²) in [5.41, 5.74) is 9.44. The van der Waals surface area contributed by atoms with Gasteiger partial charge in [-0.05, 0) is 43.5 Å². The van der Waals surface area contributed by atoms with Gasteiger partial charge in [0.15, 0.2) is 11.8 Å². The molecule has 0 bridgehead atoms. The molecule has 7 heteroatoms. The number of likely N-dealkylation sites (N-methyl/N-ethyl adjacent to an activating group) is 1. The van der Waals surface area contributed by atoms with Crippen molar-refractivity contribution in [3.05, 3.63) is 89.9 Å². The molecule has 1 aliphatic rings. The molecular weight excluding hydrogens is 422 g/mol. The molecule has 176 valence electrons. The van der Waals surface area contributed by atoms with Crippen LogP contribution in [0.1, 0.15) is 31.0 Å². The Labute approximate surface area is 202 Å². The molecule has 0 amide bonds. The Morgan fingerprint density at radius 1 is 1.12 bits per heavy atom. The van der Waals surface area contributed by atoms with Crippen LogP contribution >= 0.6 is 0 Å². The van der Waals surface area contributed by atoms with Gasteiger partial charge in [-0.2, -0.15) is 0 Å². The van der Waals surface area contributed by atoms with Gasteiger partial charge in [-0.15, -0.1) is 0 Å². The fourth-order valence-electron chi connectivity index (χ4n) is 3.91. The molecule has 34 heavy (non-hydrogen) atoms. The minimum Gasteiger partial charge on any atom is -0.342 e. The molecule has 7 nitrogen and oxygen atoms in total. The number of nitrogens with two attached hydrogens (primary N) is 1. The fraction of sp³-hybridized carbons (Fsp3) is 0.296. The van der Waals surface area contributed by atoms with E-state index in [2.05, 4.69) is 52.5 Å². The molecule has 0 fully saturated rings. The van der Waals surface area contributed by atoms with Crippen molar-refractivity contribution in [2.45, 2.75) is 32.4 Å². The van der Waals surface area contributed by atoms with E-state index < -0.39 is 0 Å². The van der Waals surface area contributed by atoms with Gasteiger partial charge < -0.3 is 20.9 Å². The fourth-order valence-corrected chi connectivity index (χ4v) is 3.91. The van der Waals surface area contributed by atoms with Crippen molar-refractivity contribution < 1.29 is 0 Å². The lowest BCUT2D eigenvalue weighted by Crippen LogP contribution is -2.47. The molecule has 1 aromatic heterocycles. The third-order valence-electron chi connectivity index (χ3n) is 5.89. The third kappa shape index (κ3) is 5.61. The summed E-state index contributed by atoms with van der Waals surface area (Å²) in [6, 6.07) is 20.5. The van der Waals surface area contributed by atoms with Crippen LogP contribution in [0.15, 0.2) is 83.7 Å². The number of guanidine groups is 1. The van der Waals surface area contributed by atoms with Crippen molar-refractivity contribution in [3.8, 4) is 11.4 Å². The standard InChI is InChI=1S/C27H33N7/c1-19(17-21-9-8-12-23(18-21)20(2)28)30-27-32-25(14-16-33(27)3)34(4)24-13-15-29-26(31-24)22-10-6-5-7-11-22/h5-15,18-20H,16-17,28H2,1-4H3,(H,30,32)/t19-,20+/m0/s1. The first-order valence-electron chi connectivity index (χ1n) is 11.6. The summed E-state index contributed by atoms with van der Waals surface area (Å²) in [5, 5.41) is 3.49. The molecule has 1 aliphatic heterocycles. The van der Waals surface area contributed by atoms with Crippen molar-refractivity contribution in [1.82, 2.24) is 20.2 Å². The van der Waals surface area contributed by atoms with Crippen LogP contribution in [0.4, 0.5) is 5.82 Å². The quantitative estimate of drug-likeness (QED) is 0.561. The van der Waals surface area contributed by atoms with Crippen LogP contribution in [0, 0.1) is 0 Å². The number of hydrogen-bond donors (Lipinski definition) is 2. The number of benzene rings is 2. The summed E-state index contributed by atoms with van der Waals surface area (Å²) < 4.78 is 0. The summed E-state index contributed by atoms with van der Waals surface area (Å²) in [6.45, 7) is 4.91. The second kappa shape index (κ2) is 10.5. The van der Waals surface area contributed by atoms with E-state index in [0.717, 1.165) is 41.7 Å². The number of rotatable bonds is 7. The van der Waals surface area contributed by atoms with Crippen LogP contribution in [0.3, 0.4) is 0 Å². The first-order valence-corrected chi connectivity index (χ1v) is 11.6. The van der Waals surface area contributed by atoms with Gasteiger partial charge in [0.2, 0.25) is 0 Å². The zero-order chi connectivity index (χ0) is 24.1. The van der Waals surface area contributed by atoms with Gasteiger partial charge in [0, 0.05) is 38.4 Å². The molecule has 0 saturated heterocycles. The second-order valence-electron chi connectivity index (χ2n) is 8.80. The predicted molar refractivity (Wildman–Crippen MR) is 139 cm³/mol. The summed E-state index contributed by atoms with van der Waals surface area (Å²) in [5.74, 6) is 3.31. The molecular formula is C27H33N7. The molecule has 3 aromatic rings. The van der Waals surface area contributed by atoms with Gasteiger partial charge in [-0.25, -0.2) is 15.0 Å². The van der Waals surface area contributed by atoms with E-state index in [-0.39, 0.29) is 12.1 Å². The maximum atomic E-state index is 6.05. The molecule has 0 aliphatic carbocycles. The molecule has 0 spiro atoms. The molecule has 2 aromatic carbocycles. The van der Waals surface area contributed by atoms with Crippen molar-refractivity contribution in [1.29, 1.82) is 0 Å². The summed E-state index contributed by atoms with van der Waals surface area (Å²) in [7, 11) is 4.04. The van der Waals surface area contributed by atoms with E-state index in [0.29, 0.717) is 5.82 Å². The van der Waals surface area contributed by atoms with Gasteiger partial charge >= 0.3 is 0 Å². The number of hydrogen-bond acceptors (Lipinski definition) is 5. The number of nitrogens with one attached hydrogen (secondary N) is 1. The second-order valence-corrected chi connectivity index (χ2v) is 8.80. The number of aliphatic imine (C=N–C) groups is 1. The molecule has 3 N–H and O–H groups in total. The van der Waals surface area contributed by atoms with E-state index in [1.54, 1.807) is 6.20 Å². The zero-order valence-electron chi connectivity index (χ0n) is 20.3. The largest absolute Gasteiger partial charge is 0.342 e. The Hall–Kier alpha value is -3.71. The van der Waals surface area contributed by atoms with Crippen molar-refractivity contribution in [2.24, 2.45) is 10.7 Å². The summed E-state index contributed by atoms with van der Waals surface area (Å²) in [4.78, 5) is 18.3. The van der Waals surface area contributed by atoms with E-state index >= 15 is 0 Å². The molecule has 2 heterocycles. The number of anilines is 1. The highest BCUT2D eigenvalue weighted by Crippen LogP contribution is 2.20. The monoisotopic (exact) mass is 455 g/mol. The highest BCUT2D eigenvalue weighted by atomic mass is 15.4. The van der Waals surface area contributed by atoms with Gasteiger partial charge in [0.1, 0.15) is 11.6 Å². The van der Waals surface area contributed by atoms with Gasteiger partial charge in [-0.3, -0.25) is 0 Å². The summed E-state index contributed by atoms with van der Waals surface area (Å²) in [6.07, 6.45) is 4.78. The SMILES string of the molecule is C[C@@H](Cc1cccc([C@@H](C)N)c1)N=C1NC(N(C)c2ccnc(-c3ccccc3)n2)=CCN1C. The van der Waals surface area contributed by atoms with E-state index in [9.17, 15) is 0 Å². The first-order chi connectivity index (χ1) is 16.4. The van der Waals surface area contributed by atoms with Gasteiger partial charge in [-0.1, -0.05) is 54.6 Å². The average molecular weight is 456 g/mol. The number of nitrogens with zero attached hydrogens (tertiary/aromatic N) is 5. The average Bonchev–Trinajstić information content (AvgIpc) is 2.85. The smallest absolute Gasteiger partial charge is 0.199 e. The van der Waals surface area contributed by atoms with Gasteiger partial charge in [0.05, 0.1) is 6.04 Å². The Bertz CT molecular complexity index is 1170. The van der Waals surface area contributed by atoms with Crippen LogP contribution in [0.2, 0.25) is 0 Å². The van der Waals surface area contributed by atoms with Crippen molar-refractivity contribution >= 4 is 11.8 Å². The van der Waals surface area contributed by atoms with Gasteiger partial charge in [0.25, 0.3) is 0 Å². The van der Waals surface area contributed by atoms with E-state index in [4.69, 9.17) is 15.7 Å². The van der Waals surface area contributed by atoms with E-state index in [1.807, 2.05) is 62.3 Å². The summed E-state index contributed by atoms with van der Waals surface area (Å²) >= 11 is 0. The zero-order valence-corrected chi connectivity index (χ0v) is 20.3. The lowest BCUT2D eigenvalue weighted by molar-refractivity contribution is 0.512. The Morgan fingerprint density at radius 3 is 2.68 bits per heavy atom. The van der Waals surface area contributed by atoms with Crippen LogP contribution in [0.25, 0.3) is 11.4 Å². The lowest BCUT2D eigenvalue weighted by atomic mass is 10.0. The highest BCUT2D eigenvalue weighted by molar-refractivity contribution is 5.83. The van der Waals surface area contributed by atoms with Crippen LogP contribution in [-0.2, 0) is 6.42 Å². The first kappa shape index (κ1) is 23.4. The van der Waals surface area contributed by atoms with Crippen LogP contribution < -0.4 is 16.0 Å². The minimum atomic E-state index is 0.0279. The third-order valence-corrected chi connectivity index (χ3v) is 5.89. The normalized spacial score (nSPS) is 16.6. The van der Waals surface area contributed by atoms with Crippen LogP contribution in [0.5, 0.6) is 0 Å². The minimum absolute atomic E-state index is 0.0279. The molecule has 0 saturated carbocycles. The molecule has 0 unspecified atom stereocenters. The predicted octanol–water partition coefficient (Wildman–Crippen LogP) is 3.96. The topological polar surface area (TPSA) is 82.7 Å². The van der Waals surface area contributed by atoms with Crippen molar-refractivity contribution in [2.75, 3.05) is 25.5 Å². The molecule has 4 rings (SSSR count). The molecule has 0 radical (unpaired) electrons. The maximum absolute atomic E-state index is 6.05. The Balaban J connectivity index is 1.48.